The van der Waals surface area contributed by atoms with Gasteiger partial charge in [0.15, 0.2) is 0 Å². The normalized spacial score (nSPS) is 12.7. The van der Waals surface area contributed by atoms with E-state index >= 15 is 0 Å². The maximum absolute atomic E-state index is 6.13. The van der Waals surface area contributed by atoms with Crippen LogP contribution in [0.2, 0.25) is 5.02 Å². The van der Waals surface area contributed by atoms with Gasteiger partial charge in [0.1, 0.15) is 0 Å². The van der Waals surface area contributed by atoms with E-state index < -0.39 is 0 Å². The molecule has 0 amide bonds. The van der Waals surface area contributed by atoms with Gasteiger partial charge in [0.25, 0.3) is 0 Å². The summed E-state index contributed by atoms with van der Waals surface area (Å²) < 4.78 is 2.04. The Morgan fingerprint density at radius 3 is 2.53 bits per heavy atom. The molecule has 1 aromatic carbocycles. The van der Waals surface area contributed by atoms with Gasteiger partial charge in [-0.05, 0) is 67.5 Å². The topological polar surface area (TPSA) is 12.0 Å². The molecule has 0 spiro atoms. The van der Waals surface area contributed by atoms with Gasteiger partial charge in [-0.2, -0.15) is 11.3 Å². The first-order valence-electron chi connectivity index (χ1n) is 4.97. The van der Waals surface area contributed by atoms with Crippen molar-refractivity contribution < 1.29 is 0 Å². The smallest absolute Gasteiger partial charge is 0.0594 e. The molecule has 0 saturated heterocycles. The van der Waals surface area contributed by atoms with Crippen molar-refractivity contribution in [2.45, 2.75) is 6.04 Å². The third kappa shape index (κ3) is 2.93. The van der Waals surface area contributed by atoms with Gasteiger partial charge in [-0.3, -0.25) is 0 Å². The van der Waals surface area contributed by atoms with Crippen molar-refractivity contribution >= 4 is 54.8 Å². The van der Waals surface area contributed by atoms with Gasteiger partial charge >= 0.3 is 0 Å². The van der Waals surface area contributed by atoms with E-state index in [1.807, 2.05) is 19.2 Å². The van der Waals surface area contributed by atoms with Crippen molar-refractivity contribution in [3.63, 3.8) is 0 Å². The van der Waals surface area contributed by atoms with Gasteiger partial charge in [-0.25, -0.2) is 0 Å². The molecule has 0 aliphatic heterocycles. The van der Waals surface area contributed by atoms with Crippen molar-refractivity contribution in [2.75, 3.05) is 7.05 Å². The zero-order valence-corrected chi connectivity index (χ0v) is 13.8. The van der Waals surface area contributed by atoms with E-state index in [1.165, 1.54) is 5.56 Å². The van der Waals surface area contributed by atoms with Crippen LogP contribution in [0, 0.1) is 0 Å². The Morgan fingerprint density at radius 1 is 1.24 bits per heavy atom. The Bertz CT molecular complexity index is 527. The molecule has 0 radical (unpaired) electrons. The predicted molar refractivity (Wildman–Crippen MR) is 82.1 cm³/mol. The lowest BCUT2D eigenvalue weighted by molar-refractivity contribution is 0.691. The fourth-order valence-corrected chi connectivity index (χ4v) is 3.68. The van der Waals surface area contributed by atoms with Crippen molar-refractivity contribution in [3.8, 4) is 0 Å². The van der Waals surface area contributed by atoms with Gasteiger partial charge in [-0.15, -0.1) is 0 Å². The molecule has 17 heavy (non-hydrogen) atoms. The number of rotatable bonds is 3. The van der Waals surface area contributed by atoms with Crippen LogP contribution in [0.25, 0.3) is 0 Å². The van der Waals surface area contributed by atoms with E-state index in [9.17, 15) is 0 Å². The van der Waals surface area contributed by atoms with Crippen LogP contribution in [0.3, 0.4) is 0 Å². The average molecular weight is 396 g/mol. The van der Waals surface area contributed by atoms with Crippen LogP contribution in [-0.2, 0) is 0 Å². The Balaban J connectivity index is 2.42. The Labute approximate surface area is 126 Å². The van der Waals surface area contributed by atoms with E-state index in [1.54, 1.807) is 11.3 Å². The summed E-state index contributed by atoms with van der Waals surface area (Å²) in [6.45, 7) is 0. The van der Waals surface area contributed by atoms with Crippen LogP contribution in [-0.4, -0.2) is 7.05 Å². The quantitative estimate of drug-likeness (QED) is 0.750. The van der Waals surface area contributed by atoms with E-state index in [0.717, 1.165) is 19.5 Å². The van der Waals surface area contributed by atoms with Crippen molar-refractivity contribution in [1.82, 2.24) is 5.32 Å². The van der Waals surface area contributed by atoms with Crippen LogP contribution >= 0.6 is 54.8 Å². The first-order valence-corrected chi connectivity index (χ1v) is 7.88. The summed E-state index contributed by atoms with van der Waals surface area (Å²) in [6, 6.07) is 6.18. The van der Waals surface area contributed by atoms with E-state index in [0.29, 0.717) is 0 Å². The molecule has 0 aliphatic carbocycles. The monoisotopic (exact) mass is 393 g/mol. The van der Waals surface area contributed by atoms with Gasteiger partial charge in [-0.1, -0.05) is 17.7 Å². The lowest BCUT2D eigenvalue weighted by atomic mass is 10.0. The number of benzene rings is 1. The molecule has 2 aromatic rings. The Morgan fingerprint density at radius 2 is 2.00 bits per heavy atom. The minimum atomic E-state index is 0.154. The highest BCUT2D eigenvalue weighted by Gasteiger charge is 2.16. The molecule has 0 aliphatic rings. The Hall–Kier alpha value is 0.130. The molecule has 0 saturated carbocycles. The SMILES string of the molecule is CNC(c1ccc(Br)c(Cl)c1)c1cscc1Br. The summed E-state index contributed by atoms with van der Waals surface area (Å²) in [5.41, 5.74) is 2.38. The molecule has 1 nitrogen and oxygen atoms in total. The Kier molecular flexibility index (Phi) is 4.66. The van der Waals surface area contributed by atoms with Gasteiger partial charge in [0.2, 0.25) is 0 Å². The number of nitrogens with one attached hydrogen (secondary N) is 1. The van der Waals surface area contributed by atoms with Crippen LogP contribution in [0.4, 0.5) is 0 Å². The molecular formula is C12H10Br2ClNS. The summed E-state index contributed by atoms with van der Waals surface area (Å²) in [5.74, 6) is 0. The molecule has 1 unspecified atom stereocenters. The van der Waals surface area contributed by atoms with Crippen LogP contribution in [0.5, 0.6) is 0 Å². The summed E-state index contributed by atoms with van der Waals surface area (Å²) >= 11 is 14.8. The second-order valence-corrected chi connectivity index (χ2v) is 6.43. The summed E-state index contributed by atoms with van der Waals surface area (Å²) in [7, 11) is 1.95. The van der Waals surface area contributed by atoms with Gasteiger partial charge in [0, 0.05) is 14.3 Å². The molecule has 1 aromatic heterocycles. The number of thiophene rings is 1. The molecular weight excluding hydrogens is 385 g/mol. The zero-order valence-electron chi connectivity index (χ0n) is 9.01. The number of hydrogen-bond donors (Lipinski definition) is 1. The van der Waals surface area contributed by atoms with Gasteiger partial charge < -0.3 is 5.32 Å². The van der Waals surface area contributed by atoms with Crippen LogP contribution in [0.1, 0.15) is 17.2 Å². The van der Waals surface area contributed by atoms with Crippen molar-refractivity contribution in [2.24, 2.45) is 0 Å². The molecule has 1 atom stereocenters. The third-order valence-electron chi connectivity index (χ3n) is 2.52. The largest absolute Gasteiger partial charge is 0.309 e. The molecule has 2 rings (SSSR count). The second kappa shape index (κ2) is 5.85. The van der Waals surface area contributed by atoms with Crippen molar-refractivity contribution in [1.29, 1.82) is 0 Å². The first-order chi connectivity index (χ1) is 8.13. The van der Waals surface area contributed by atoms with Crippen LogP contribution in [0.15, 0.2) is 37.9 Å². The fraction of sp³-hybridized carbons (Fsp3) is 0.167. The zero-order chi connectivity index (χ0) is 12.4. The molecule has 90 valence electrons. The van der Waals surface area contributed by atoms with E-state index in [4.69, 9.17) is 11.6 Å². The second-order valence-electron chi connectivity index (χ2n) is 3.57. The molecule has 1 N–H and O–H groups in total. The molecule has 1 heterocycles. The minimum Gasteiger partial charge on any atom is -0.309 e. The van der Waals surface area contributed by atoms with E-state index in [-0.39, 0.29) is 6.04 Å². The van der Waals surface area contributed by atoms with E-state index in [2.05, 4.69) is 54.0 Å². The lowest BCUT2D eigenvalue weighted by Crippen LogP contribution is -2.17. The summed E-state index contributed by atoms with van der Waals surface area (Å²) in [5, 5.41) is 8.27. The highest BCUT2D eigenvalue weighted by atomic mass is 79.9. The third-order valence-corrected chi connectivity index (χ3v) is 5.50. The van der Waals surface area contributed by atoms with Crippen molar-refractivity contribution in [3.05, 3.63) is 54.1 Å². The van der Waals surface area contributed by atoms with Gasteiger partial charge in [0.05, 0.1) is 11.1 Å². The minimum absolute atomic E-state index is 0.154. The highest BCUT2D eigenvalue weighted by molar-refractivity contribution is 9.10. The average Bonchev–Trinajstić information content (AvgIpc) is 2.71. The molecule has 0 bridgehead atoms. The number of halogens is 3. The predicted octanol–water partition coefficient (Wildman–Crippen LogP) is 5.24. The molecule has 0 fully saturated rings. The highest BCUT2D eigenvalue weighted by Crippen LogP contribution is 2.33. The standard InChI is InChI=1S/C12H10Br2ClNS/c1-16-12(8-5-17-6-10(8)14)7-2-3-9(13)11(15)4-7/h2-6,12,16H,1H3. The number of hydrogen-bond acceptors (Lipinski definition) is 2. The molecule has 5 heteroatoms. The van der Waals surface area contributed by atoms with Crippen LogP contribution < -0.4 is 5.32 Å². The maximum atomic E-state index is 6.13. The maximum Gasteiger partial charge on any atom is 0.0594 e. The fourth-order valence-electron chi connectivity index (χ4n) is 1.69. The summed E-state index contributed by atoms with van der Waals surface area (Å²) in [4.78, 5) is 0. The lowest BCUT2D eigenvalue weighted by Gasteiger charge is -2.17. The summed E-state index contributed by atoms with van der Waals surface area (Å²) in [6.07, 6.45) is 0. The first kappa shape index (κ1) is 13.6.